The number of primary amides is 1. The summed E-state index contributed by atoms with van der Waals surface area (Å²) in [6.45, 7) is 2.88. The van der Waals surface area contributed by atoms with E-state index in [0.717, 1.165) is 19.4 Å². The van der Waals surface area contributed by atoms with Crippen molar-refractivity contribution < 1.29 is 4.79 Å². The molecule has 0 unspecified atom stereocenters. The molecule has 1 aliphatic rings. The van der Waals surface area contributed by atoms with Gasteiger partial charge in [-0.1, -0.05) is 0 Å². The highest BCUT2D eigenvalue weighted by atomic mass is 35.5. The Kier molecular flexibility index (Phi) is 4.45. The Morgan fingerprint density at radius 1 is 1.55 bits per heavy atom. The Hall–Kier alpha value is -0.280. The van der Waals surface area contributed by atoms with Gasteiger partial charge in [-0.05, 0) is 19.8 Å². The van der Waals surface area contributed by atoms with Gasteiger partial charge in [-0.2, -0.15) is 0 Å². The van der Waals surface area contributed by atoms with E-state index >= 15 is 0 Å². The maximum absolute atomic E-state index is 10.6. The predicted octanol–water partition coefficient (Wildman–Crippen LogP) is 0.282. The molecule has 0 aliphatic carbocycles. The molecule has 1 rings (SSSR count). The average molecular weight is 179 g/mol. The van der Waals surface area contributed by atoms with Crippen LogP contribution in [0.2, 0.25) is 0 Å². The number of amides is 1. The first kappa shape index (κ1) is 10.7. The largest absolute Gasteiger partial charge is 0.369 e. The lowest BCUT2D eigenvalue weighted by atomic mass is 9.95. The highest BCUT2D eigenvalue weighted by Crippen LogP contribution is 2.12. The van der Waals surface area contributed by atoms with Crippen LogP contribution in [0.15, 0.2) is 0 Å². The summed E-state index contributed by atoms with van der Waals surface area (Å²) in [4.78, 5) is 10.6. The maximum Gasteiger partial charge on any atom is 0.221 e. The summed E-state index contributed by atoms with van der Waals surface area (Å²) in [5.74, 6) is -0.101. The van der Waals surface area contributed by atoms with Crippen LogP contribution in [0.3, 0.4) is 0 Å². The molecule has 0 bridgehead atoms. The minimum Gasteiger partial charge on any atom is -0.369 e. The molecule has 2 atom stereocenters. The third kappa shape index (κ3) is 3.08. The van der Waals surface area contributed by atoms with Crippen molar-refractivity contribution in [2.24, 2.45) is 11.7 Å². The van der Waals surface area contributed by atoms with E-state index in [1.165, 1.54) is 0 Å². The molecule has 1 heterocycles. The summed E-state index contributed by atoms with van der Waals surface area (Å²) in [6.07, 6.45) is 2.01. The monoisotopic (exact) mass is 178 g/mol. The molecule has 66 valence electrons. The van der Waals surface area contributed by atoms with Gasteiger partial charge in [0.15, 0.2) is 0 Å². The van der Waals surface area contributed by atoms with Crippen molar-refractivity contribution in [3.8, 4) is 0 Å². The van der Waals surface area contributed by atoms with E-state index in [9.17, 15) is 4.79 Å². The number of halogens is 1. The molecule has 4 heteroatoms. The first-order valence-corrected chi connectivity index (χ1v) is 3.73. The van der Waals surface area contributed by atoms with Crippen LogP contribution in [0.4, 0.5) is 0 Å². The number of nitrogens with one attached hydrogen (secondary N) is 1. The molecule has 11 heavy (non-hydrogen) atoms. The zero-order valence-corrected chi connectivity index (χ0v) is 7.49. The minimum absolute atomic E-state index is 0. The SMILES string of the molecule is C[C@@H]1CC[C@H](C(N)=O)CN1.Cl. The summed E-state index contributed by atoms with van der Waals surface area (Å²) in [7, 11) is 0. The summed E-state index contributed by atoms with van der Waals surface area (Å²) >= 11 is 0. The molecule has 0 aromatic heterocycles. The van der Waals surface area contributed by atoms with Gasteiger partial charge in [-0.15, -0.1) is 12.4 Å². The van der Waals surface area contributed by atoms with Gasteiger partial charge in [-0.25, -0.2) is 0 Å². The Labute approximate surface area is 73.1 Å². The lowest BCUT2D eigenvalue weighted by molar-refractivity contribution is -0.122. The molecule has 0 radical (unpaired) electrons. The number of piperidine rings is 1. The number of carbonyl (C=O) groups excluding carboxylic acids is 1. The molecule has 1 fully saturated rings. The Bertz CT molecular complexity index is 132. The fraction of sp³-hybridized carbons (Fsp3) is 0.857. The van der Waals surface area contributed by atoms with Crippen molar-refractivity contribution >= 4 is 18.3 Å². The van der Waals surface area contributed by atoms with E-state index < -0.39 is 0 Å². The van der Waals surface area contributed by atoms with Gasteiger partial charge in [0.05, 0.1) is 5.92 Å². The van der Waals surface area contributed by atoms with Crippen LogP contribution in [0.1, 0.15) is 19.8 Å². The summed E-state index contributed by atoms with van der Waals surface area (Å²) < 4.78 is 0. The van der Waals surface area contributed by atoms with E-state index in [1.807, 2.05) is 0 Å². The third-order valence-corrected chi connectivity index (χ3v) is 2.06. The topological polar surface area (TPSA) is 55.1 Å². The van der Waals surface area contributed by atoms with E-state index in [0.29, 0.717) is 6.04 Å². The molecule has 3 N–H and O–H groups in total. The molecular weight excluding hydrogens is 164 g/mol. The smallest absolute Gasteiger partial charge is 0.221 e. The Balaban J connectivity index is 0.000001000. The molecular formula is C7H15ClN2O. The molecule has 0 saturated carbocycles. The predicted molar refractivity (Wildman–Crippen MR) is 46.6 cm³/mol. The third-order valence-electron chi connectivity index (χ3n) is 2.06. The van der Waals surface area contributed by atoms with Crippen LogP contribution in [-0.4, -0.2) is 18.5 Å². The summed E-state index contributed by atoms with van der Waals surface area (Å²) in [5.41, 5.74) is 5.13. The second-order valence-electron chi connectivity index (χ2n) is 2.99. The van der Waals surface area contributed by atoms with Crippen LogP contribution in [-0.2, 0) is 4.79 Å². The number of carbonyl (C=O) groups is 1. The van der Waals surface area contributed by atoms with Gasteiger partial charge in [0.2, 0.25) is 5.91 Å². The highest BCUT2D eigenvalue weighted by Gasteiger charge is 2.21. The second-order valence-corrected chi connectivity index (χ2v) is 2.99. The Morgan fingerprint density at radius 2 is 2.18 bits per heavy atom. The van der Waals surface area contributed by atoms with Gasteiger partial charge in [0, 0.05) is 12.6 Å². The van der Waals surface area contributed by atoms with Crippen molar-refractivity contribution in [3.63, 3.8) is 0 Å². The normalized spacial score (nSPS) is 30.6. The molecule has 0 aromatic carbocycles. The first-order chi connectivity index (χ1) is 4.70. The number of nitrogens with two attached hydrogens (primary N) is 1. The lowest BCUT2D eigenvalue weighted by Crippen LogP contribution is -2.42. The van der Waals surface area contributed by atoms with Gasteiger partial charge < -0.3 is 11.1 Å². The van der Waals surface area contributed by atoms with E-state index in [1.54, 1.807) is 0 Å². The van der Waals surface area contributed by atoms with Gasteiger partial charge >= 0.3 is 0 Å². The van der Waals surface area contributed by atoms with Crippen LogP contribution >= 0.6 is 12.4 Å². The zero-order valence-electron chi connectivity index (χ0n) is 6.67. The van der Waals surface area contributed by atoms with E-state index in [2.05, 4.69) is 12.2 Å². The quantitative estimate of drug-likeness (QED) is 0.606. The highest BCUT2D eigenvalue weighted by molar-refractivity contribution is 5.85. The summed E-state index contributed by atoms with van der Waals surface area (Å²) in [5, 5.41) is 3.21. The summed E-state index contributed by atoms with van der Waals surface area (Å²) in [6, 6.07) is 0.551. The second kappa shape index (κ2) is 4.57. The van der Waals surface area contributed by atoms with Gasteiger partial charge in [0.25, 0.3) is 0 Å². The molecule has 0 aromatic rings. The standard InChI is InChI=1S/C7H14N2O.ClH/c1-5-2-3-6(4-9-5)7(8)10;/h5-6,9H,2-4H2,1H3,(H2,8,10);1H/t5-,6+;/m1./s1. The molecule has 0 spiro atoms. The molecule has 3 nitrogen and oxygen atoms in total. The van der Waals surface area contributed by atoms with Gasteiger partial charge in [-0.3, -0.25) is 4.79 Å². The van der Waals surface area contributed by atoms with E-state index in [4.69, 9.17) is 5.73 Å². The fourth-order valence-electron chi connectivity index (χ4n) is 1.24. The number of rotatable bonds is 1. The van der Waals surface area contributed by atoms with Crippen molar-refractivity contribution in [3.05, 3.63) is 0 Å². The first-order valence-electron chi connectivity index (χ1n) is 3.73. The van der Waals surface area contributed by atoms with Crippen LogP contribution in [0.5, 0.6) is 0 Å². The molecule has 1 saturated heterocycles. The Morgan fingerprint density at radius 3 is 2.55 bits per heavy atom. The maximum atomic E-state index is 10.6. The van der Waals surface area contributed by atoms with Crippen molar-refractivity contribution in [1.82, 2.24) is 5.32 Å². The van der Waals surface area contributed by atoms with Gasteiger partial charge in [0.1, 0.15) is 0 Å². The zero-order chi connectivity index (χ0) is 7.56. The lowest BCUT2D eigenvalue weighted by Gasteiger charge is -2.25. The number of hydrogen-bond acceptors (Lipinski definition) is 2. The van der Waals surface area contributed by atoms with Crippen molar-refractivity contribution in [1.29, 1.82) is 0 Å². The van der Waals surface area contributed by atoms with Crippen LogP contribution in [0.25, 0.3) is 0 Å². The van der Waals surface area contributed by atoms with Crippen molar-refractivity contribution in [2.45, 2.75) is 25.8 Å². The minimum atomic E-state index is -0.167. The molecule has 1 amide bonds. The van der Waals surface area contributed by atoms with Crippen molar-refractivity contribution in [2.75, 3.05) is 6.54 Å². The number of hydrogen-bond donors (Lipinski definition) is 2. The van der Waals surface area contributed by atoms with Crippen LogP contribution in [0, 0.1) is 5.92 Å². The van der Waals surface area contributed by atoms with Crippen LogP contribution < -0.4 is 11.1 Å². The van der Waals surface area contributed by atoms with E-state index in [-0.39, 0.29) is 24.2 Å². The fourth-order valence-corrected chi connectivity index (χ4v) is 1.24. The molecule has 1 aliphatic heterocycles. The average Bonchev–Trinajstić information content (AvgIpc) is 1.88.